The van der Waals surface area contributed by atoms with Gasteiger partial charge < -0.3 is 10.1 Å². The Labute approximate surface area is 157 Å². The molecule has 1 amide bonds. The molecule has 0 bridgehead atoms. The van der Waals surface area contributed by atoms with E-state index in [4.69, 9.17) is 4.74 Å². The van der Waals surface area contributed by atoms with Crippen LogP contribution in [0.3, 0.4) is 0 Å². The van der Waals surface area contributed by atoms with Crippen LogP contribution in [0.2, 0.25) is 0 Å². The first-order valence-corrected chi connectivity index (χ1v) is 8.52. The van der Waals surface area contributed by atoms with E-state index in [1.807, 2.05) is 24.3 Å². The number of hydrogen-bond acceptors (Lipinski definition) is 3. The lowest BCUT2D eigenvalue weighted by Gasteiger charge is -2.17. The van der Waals surface area contributed by atoms with Crippen LogP contribution >= 0.6 is 22.6 Å². The lowest BCUT2D eigenvalue weighted by Crippen LogP contribution is -2.43. The van der Waals surface area contributed by atoms with Gasteiger partial charge in [-0.3, -0.25) is 4.79 Å². The molecule has 0 spiro atoms. The van der Waals surface area contributed by atoms with E-state index in [1.54, 1.807) is 0 Å². The number of carbonyl (C=O) groups is 2. The predicted octanol–water partition coefficient (Wildman–Crippen LogP) is 3.01. The van der Waals surface area contributed by atoms with Crippen molar-refractivity contribution >= 4 is 34.5 Å². The van der Waals surface area contributed by atoms with E-state index >= 15 is 0 Å². The molecule has 0 aliphatic heterocycles. The number of methoxy groups -OCH3 is 1. The quantitative estimate of drug-likeness (QED) is 0.534. The lowest BCUT2D eigenvalue weighted by atomic mass is 10.1. The molecule has 0 aliphatic rings. The SMILES string of the molecule is COC(=O)[C@H](Cc1ccccc1I)NC(=O)Cc1cc(F)cc(F)c1. The molecule has 7 heteroatoms. The number of ether oxygens (including phenoxy) is 1. The molecular weight excluding hydrogens is 443 g/mol. The average Bonchev–Trinajstić information content (AvgIpc) is 2.54. The molecule has 4 nitrogen and oxygen atoms in total. The van der Waals surface area contributed by atoms with Gasteiger partial charge in [0, 0.05) is 16.1 Å². The third kappa shape index (κ3) is 5.77. The van der Waals surface area contributed by atoms with Crippen LogP contribution in [0.25, 0.3) is 0 Å². The maximum Gasteiger partial charge on any atom is 0.328 e. The molecule has 1 N–H and O–H groups in total. The normalized spacial score (nSPS) is 11.7. The van der Waals surface area contributed by atoms with Crippen LogP contribution in [-0.4, -0.2) is 25.0 Å². The maximum atomic E-state index is 13.2. The molecule has 0 saturated heterocycles. The van der Waals surface area contributed by atoms with Crippen LogP contribution in [0.15, 0.2) is 42.5 Å². The summed E-state index contributed by atoms with van der Waals surface area (Å²) in [7, 11) is 1.24. The fraction of sp³-hybridized carbons (Fsp3) is 0.222. The molecule has 0 aliphatic carbocycles. The molecule has 0 heterocycles. The summed E-state index contributed by atoms with van der Waals surface area (Å²) in [6.45, 7) is 0. The minimum absolute atomic E-state index is 0.188. The van der Waals surface area contributed by atoms with Gasteiger partial charge in [0.15, 0.2) is 0 Å². The fourth-order valence-corrected chi connectivity index (χ4v) is 2.97. The molecule has 2 rings (SSSR count). The van der Waals surface area contributed by atoms with Crippen LogP contribution in [0.5, 0.6) is 0 Å². The standard InChI is InChI=1S/C18H16F2INO3/c1-25-18(24)16(9-12-4-2-3-5-15(12)21)22-17(23)8-11-6-13(19)10-14(20)7-11/h2-7,10,16H,8-9H2,1H3,(H,22,23)/t16-/m0/s1. The van der Waals surface area contributed by atoms with Gasteiger partial charge in [0.05, 0.1) is 13.5 Å². The van der Waals surface area contributed by atoms with Crippen molar-refractivity contribution < 1.29 is 23.1 Å². The molecule has 0 radical (unpaired) electrons. The molecular formula is C18H16F2INO3. The van der Waals surface area contributed by atoms with Crippen molar-refractivity contribution in [2.45, 2.75) is 18.9 Å². The smallest absolute Gasteiger partial charge is 0.328 e. The molecule has 132 valence electrons. The van der Waals surface area contributed by atoms with Crippen molar-refractivity contribution in [3.05, 3.63) is 68.8 Å². The second-order valence-corrected chi connectivity index (χ2v) is 6.56. The monoisotopic (exact) mass is 459 g/mol. The third-order valence-electron chi connectivity index (χ3n) is 3.49. The molecule has 0 aromatic heterocycles. The van der Waals surface area contributed by atoms with Gasteiger partial charge >= 0.3 is 5.97 Å². The Hall–Kier alpha value is -2.03. The van der Waals surface area contributed by atoms with E-state index in [1.165, 1.54) is 7.11 Å². The summed E-state index contributed by atoms with van der Waals surface area (Å²) in [6, 6.07) is 9.46. The topological polar surface area (TPSA) is 55.4 Å². The number of esters is 1. The highest BCUT2D eigenvalue weighted by atomic mass is 127. The first kappa shape index (κ1) is 19.3. The summed E-state index contributed by atoms with van der Waals surface area (Å²) < 4.78 is 32.1. The van der Waals surface area contributed by atoms with Crippen LogP contribution in [0, 0.1) is 15.2 Å². The Bertz CT molecular complexity index is 762. The Balaban J connectivity index is 2.09. The molecule has 2 aromatic carbocycles. The highest BCUT2D eigenvalue weighted by Crippen LogP contribution is 2.14. The van der Waals surface area contributed by atoms with E-state index in [-0.39, 0.29) is 18.4 Å². The molecule has 25 heavy (non-hydrogen) atoms. The zero-order chi connectivity index (χ0) is 18.4. The Morgan fingerprint density at radius 2 is 1.80 bits per heavy atom. The molecule has 1 atom stereocenters. The molecule has 2 aromatic rings. The highest BCUT2D eigenvalue weighted by Gasteiger charge is 2.23. The lowest BCUT2D eigenvalue weighted by molar-refractivity contribution is -0.145. The second kappa shape index (κ2) is 8.89. The second-order valence-electron chi connectivity index (χ2n) is 5.39. The van der Waals surface area contributed by atoms with Gasteiger partial charge in [0.2, 0.25) is 5.91 Å². The predicted molar refractivity (Wildman–Crippen MR) is 96.9 cm³/mol. The average molecular weight is 459 g/mol. The molecule has 0 unspecified atom stereocenters. The first-order valence-electron chi connectivity index (χ1n) is 7.44. The van der Waals surface area contributed by atoms with Crippen LogP contribution in [0.1, 0.15) is 11.1 Å². The number of carbonyl (C=O) groups excluding carboxylic acids is 2. The summed E-state index contributed by atoms with van der Waals surface area (Å²) in [4.78, 5) is 24.1. The Morgan fingerprint density at radius 1 is 1.16 bits per heavy atom. The van der Waals surface area contributed by atoms with Gasteiger partial charge in [-0.05, 0) is 51.9 Å². The van der Waals surface area contributed by atoms with Crippen molar-refractivity contribution in [2.75, 3.05) is 7.11 Å². The molecule has 0 fully saturated rings. The number of hydrogen-bond donors (Lipinski definition) is 1. The van der Waals surface area contributed by atoms with Crippen LogP contribution in [-0.2, 0) is 27.2 Å². The zero-order valence-corrected chi connectivity index (χ0v) is 15.5. The van der Waals surface area contributed by atoms with Crippen molar-refractivity contribution in [1.82, 2.24) is 5.32 Å². The van der Waals surface area contributed by atoms with Crippen molar-refractivity contribution in [3.63, 3.8) is 0 Å². The van der Waals surface area contributed by atoms with Crippen molar-refractivity contribution in [1.29, 1.82) is 0 Å². The summed E-state index contributed by atoms with van der Waals surface area (Å²) in [5.74, 6) is -2.62. The van der Waals surface area contributed by atoms with E-state index in [0.717, 1.165) is 27.3 Å². The van der Waals surface area contributed by atoms with E-state index in [2.05, 4.69) is 27.9 Å². The minimum atomic E-state index is -0.883. The van der Waals surface area contributed by atoms with E-state index < -0.39 is 29.6 Å². The summed E-state index contributed by atoms with van der Waals surface area (Å²) in [6.07, 6.45) is 0.0170. The number of amides is 1. The van der Waals surface area contributed by atoms with Gasteiger partial charge in [0.25, 0.3) is 0 Å². The van der Waals surface area contributed by atoms with Gasteiger partial charge in [-0.25, -0.2) is 13.6 Å². The van der Waals surface area contributed by atoms with E-state index in [9.17, 15) is 18.4 Å². The Morgan fingerprint density at radius 3 is 2.40 bits per heavy atom. The number of benzene rings is 2. The molecule has 0 saturated carbocycles. The first-order chi connectivity index (χ1) is 11.9. The number of halogens is 3. The number of rotatable bonds is 6. The van der Waals surface area contributed by atoms with Crippen molar-refractivity contribution in [3.8, 4) is 0 Å². The Kier molecular flexibility index (Phi) is 6.86. The van der Waals surface area contributed by atoms with Crippen molar-refractivity contribution in [2.24, 2.45) is 0 Å². The highest BCUT2D eigenvalue weighted by molar-refractivity contribution is 14.1. The summed E-state index contributed by atoms with van der Waals surface area (Å²) in [5, 5.41) is 2.57. The van der Waals surface area contributed by atoms with Gasteiger partial charge in [-0.2, -0.15) is 0 Å². The summed E-state index contributed by atoms with van der Waals surface area (Å²) >= 11 is 2.14. The fourth-order valence-electron chi connectivity index (χ4n) is 2.36. The summed E-state index contributed by atoms with van der Waals surface area (Å²) in [5.41, 5.74) is 1.07. The minimum Gasteiger partial charge on any atom is -0.467 e. The van der Waals surface area contributed by atoms with Gasteiger partial charge in [-0.1, -0.05) is 18.2 Å². The number of nitrogens with one attached hydrogen (secondary N) is 1. The zero-order valence-electron chi connectivity index (χ0n) is 13.4. The van der Waals surface area contributed by atoms with Crippen LogP contribution < -0.4 is 5.32 Å². The van der Waals surface area contributed by atoms with E-state index in [0.29, 0.717) is 0 Å². The third-order valence-corrected chi connectivity index (χ3v) is 4.54. The maximum absolute atomic E-state index is 13.2. The van der Waals surface area contributed by atoms with Gasteiger partial charge in [0.1, 0.15) is 17.7 Å². The largest absolute Gasteiger partial charge is 0.467 e. The van der Waals surface area contributed by atoms with Gasteiger partial charge in [-0.15, -0.1) is 0 Å². The van der Waals surface area contributed by atoms with Crippen LogP contribution in [0.4, 0.5) is 8.78 Å².